The molecule has 0 atom stereocenters. The fraction of sp³-hybridized carbons (Fsp3) is 0.250. The lowest BCUT2D eigenvalue weighted by Crippen LogP contribution is -2.50. The number of nitrogens with one attached hydrogen (secondary N) is 1. The van der Waals surface area contributed by atoms with E-state index in [1.54, 1.807) is 12.1 Å². The molecule has 0 amide bonds. The van der Waals surface area contributed by atoms with Crippen molar-refractivity contribution < 1.29 is 18.1 Å². The Kier molecular flexibility index (Phi) is 6.17. The van der Waals surface area contributed by atoms with Crippen LogP contribution in [0.4, 0.5) is 29.7 Å². The lowest BCUT2D eigenvalue weighted by molar-refractivity contribution is -0.384. The minimum Gasteiger partial charge on any atom is -0.345 e. The SMILES string of the molecule is O=c1nc(N2CCN(C(=S)Nc3ccc([N+](=O)[O-])cc3)CC2)sc2ccc(C(F)(F)F)cc12. The Morgan fingerprint density at radius 2 is 1.79 bits per heavy atom. The Bertz CT molecular complexity index is 1270. The number of nitrogens with zero attached hydrogens (tertiary/aromatic N) is 4. The van der Waals surface area contributed by atoms with Crippen LogP contribution >= 0.6 is 23.6 Å². The van der Waals surface area contributed by atoms with Crippen molar-refractivity contribution in [2.45, 2.75) is 6.18 Å². The van der Waals surface area contributed by atoms with Gasteiger partial charge < -0.3 is 15.1 Å². The predicted molar refractivity (Wildman–Crippen MR) is 124 cm³/mol. The van der Waals surface area contributed by atoms with Crippen molar-refractivity contribution in [3.8, 4) is 0 Å². The van der Waals surface area contributed by atoms with E-state index in [9.17, 15) is 28.1 Å². The van der Waals surface area contributed by atoms with Gasteiger partial charge in [-0.1, -0.05) is 11.3 Å². The van der Waals surface area contributed by atoms with E-state index in [0.29, 0.717) is 46.8 Å². The third-order valence-electron chi connectivity index (χ3n) is 5.10. The van der Waals surface area contributed by atoms with Gasteiger partial charge in [-0.15, -0.1) is 0 Å². The van der Waals surface area contributed by atoms with Gasteiger partial charge in [-0.25, -0.2) is 0 Å². The van der Waals surface area contributed by atoms with Gasteiger partial charge in [0.05, 0.1) is 15.9 Å². The van der Waals surface area contributed by atoms with Gasteiger partial charge in [0.1, 0.15) is 0 Å². The molecule has 1 aromatic heterocycles. The standard InChI is InChI=1S/C20H16F3N5O3S2/c21-20(22,23)12-1-6-16-15(11-12)17(29)25-19(33-16)27-9-7-26(8-10-27)18(32)24-13-2-4-14(5-3-13)28(30)31/h1-6,11H,7-10H2,(H,24,32). The van der Waals surface area contributed by atoms with Crippen LogP contribution in [-0.4, -0.2) is 46.1 Å². The summed E-state index contributed by atoms with van der Waals surface area (Å²) in [7, 11) is 0. The smallest absolute Gasteiger partial charge is 0.345 e. The third-order valence-corrected chi connectivity index (χ3v) is 6.57. The molecule has 1 aliphatic rings. The number of non-ortho nitro benzene ring substituents is 1. The molecular formula is C20H16F3N5O3S2. The fourth-order valence-electron chi connectivity index (χ4n) is 3.34. The molecule has 1 saturated heterocycles. The highest BCUT2D eigenvalue weighted by molar-refractivity contribution is 7.80. The number of hydrogen-bond donors (Lipinski definition) is 1. The molecule has 1 aliphatic heterocycles. The van der Waals surface area contributed by atoms with Gasteiger partial charge in [0.2, 0.25) is 0 Å². The van der Waals surface area contributed by atoms with Gasteiger partial charge in [0.15, 0.2) is 10.2 Å². The Hall–Kier alpha value is -3.32. The highest BCUT2D eigenvalue weighted by Gasteiger charge is 2.31. The molecular weight excluding hydrogens is 479 g/mol. The van der Waals surface area contributed by atoms with Crippen LogP contribution in [0.15, 0.2) is 47.3 Å². The maximum absolute atomic E-state index is 12.9. The summed E-state index contributed by atoms with van der Waals surface area (Å²) in [6.07, 6.45) is -4.53. The van der Waals surface area contributed by atoms with Crippen LogP contribution < -0.4 is 15.8 Å². The van der Waals surface area contributed by atoms with E-state index in [1.165, 1.54) is 29.5 Å². The third kappa shape index (κ3) is 5.03. The molecule has 2 heterocycles. The van der Waals surface area contributed by atoms with Crippen molar-refractivity contribution in [1.29, 1.82) is 0 Å². The molecule has 172 valence electrons. The molecule has 0 bridgehead atoms. The first-order valence-corrected chi connectivity index (χ1v) is 10.9. The minimum atomic E-state index is -4.53. The fourth-order valence-corrected chi connectivity index (χ4v) is 4.67. The predicted octanol–water partition coefficient (Wildman–Crippen LogP) is 4.10. The van der Waals surface area contributed by atoms with Crippen molar-refractivity contribution in [1.82, 2.24) is 9.88 Å². The Balaban J connectivity index is 1.42. The van der Waals surface area contributed by atoms with Crippen LogP contribution in [0.25, 0.3) is 10.1 Å². The number of piperazine rings is 1. The largest absolute Gasteiger partial charge is 0.416 e. The van der Waals surface area contributed by atoms with Crippen LogP contribution in [0.3, 0.4) is 0 Å². The molecule has 1 N–H and O–H groups in total. The molecule has 13 heteroatoms. The van der Waals surface area contributed by atoms with Crippen molar-refractivity contribution in [2.75, 3.05) is 36.4 Å². The maximum Gasteiger partial charge on any atom is 0.416 e. The van der Waals surface area contributed by atoms with Crippen molar-refractivity contribution in [3.63, 3.8) is 0 Å². The van der Waals surface area contributed by atoms with Gasteiger partial charge in [-0.3, -0.25) is 14.9 Å². The van der Waals surface area contributed by atoms with E-state index >= 15 is 0 Å². The van der Waals surface area contributed by atoms with Crippen LogP contribution in [0.2, 0.25) is 0 Å². The monoisotopic (exact) mass is 495 g/mol. The number of thiocarbonyl (C=S) groups is 1. The first kappa shape index (κ1) is 22.9. The lowest BCUT2D eigenvalue weighted by atomic mass is 10.2. The van der Waals surface area contributed by atoms with E-state index in [1.807, 2.05) is 9.80 Å². The van der Waals surface area contributed by atoms with Gasteiger partial charge >= 0.3 is 6.18 Å². The van der Waals surface area contributed by atoms with Crippen molar-refractivity contribution in [3.05, 3.63) is 68.5 Å². The average Bonchev–Trinajstić information content (AvgIpc) is 2.78. The molecule has 1 fully saturated rings. The van der Waals surface area contributed by atoms with Crippen LogP contribution in [-0.2, 0) is 6.18 Å². The summed E-state index contributed by atoms with van der Waals surface area (Å²) in [5.74, 6) is 0. The maximum atomic E-state index is 12.9. The molecule has 0 unspecified atom stereocenters. The summed E-state index contributed by atoms with van der Waals surface area (Å²) in [6.45, 7) is 2.09. The second-order valence-electron chi connectivity index (χ2n) is 7.22. The van der Waals surface area contributed by atoms with Crippen LogP contribution in [0, 0.1) is 10.1 Å². The summed E-state index contributed by atoms with van der Waals surface area (Å²) in [5.41, 5.74) is -0.962. The second kappa shape index (κ2) is 8.90. The highest BCUT2D eigenvalue weighted by Crippen LogP contribution is 2.33. The Morgan fingerprint density at radius 1 is 1.12 bits per heavy atom. The van der Waals surface area contributed by atoms with E-state index in [2.05, 4.69) is 10.3 Å². The van der Waals surface area contributed by atoms with Gasteiger partial charge in [-0.2, -0.15) is 18.2 Å². The Morgan fingerprint density at radius 3 is 2.39 bits per heavy atom. The van der Waals surface area contributed by atoms with E-state index in [-0.39, 0.29) is 11.1 Å². The van der Waals surface area contributed by atoms with Crippen LogP contribution in [0.1, 0.15) is 5.56 Å². The number of nitro benzene ring substituents is 1. The molecule has 3 aromatic rings. The lowest BCUT2D eigenvalue weighted by Gasteiger charge is -2.36. The zero-order valence-corrected chi connectivity index (χ0v) is 18.5. The van der Waals surface area contributed by atoms with Crippen molar-refractivity contribution >= 4 is 55.3 Å². The van der Waals surface area contributed by atoms with E-state index in [4.69, 9.17) is 12.2 Å². The average molecular weight is 496 g/mol. The number of benzene rings is 2. The summed E-state index contributed by atoms with van der Waals surface area (Å²) in [5, 5.41) is 14.7. The van der Waals surface area contributed by atoms with Gasteiger partial charge in [0.25, 0.3) is 11.2 Å². The number of anilines is 2. The molecule has 0 radical (unpaired) electrons. The number of fused-ring (bicyclic) bond motifs is 1. The summed E-state index contributed by atoms with van der Waals surface area (Å²) >= 11 is 6.60. The van der Waals surface area contributed by atoms with E-state index in [0.717, 1.165) is 12.1 Å². The molecule has 33 heavy (non-hydrogen) atoms. The number of halogens is 3. The zero-order chi connectivity index (χ0) is 23.8. The summed E-state index contributed by atoms with van der Waals surface area (Å²) in [4.78, 5) is 30.5. The molecule has 0 aliphatic carbocycles. The minimum absolute atomic E-state index is 0.0170. The zero-order valence-electron chi connectivity index (χ0n) is 16.8. The quantitative estimate of drug-likeness (QED) is 0.330. The first-order chi connectivity index (χ1) is 15.6. The van der Waals surface area contributed by atoms with Gasteiger partial charge in [-0.05, 0) is 42.5 Å². The molecule has 0 spiro atoms. The normalized spacial score (nSPS) is 14.4. The molecule has 8 nitrogen and oxygen atoms in total. The number of rotatable bonds is 3. The Labute approximate surface area is 194 Å². The summed E-state index contributed by atoms with van der Waals surface area (Å²) < 4.78 is 39.2. The number of nitro groups is 1. The van der Waals surface area contributed by atoms with Crippen molar-refractivity contribution in [2.24, 2.45) is 0 Å². The molecule has 4 rings (SSSR count). The van der Waals surface area contributed by atoms with Gasteiger partial charge in [0, 0.05) is 48.7 Å². The molecule has 0 saturated carbocycles. The van der Waals surface area contributed by atoms with Crippen LogP contribution in [0.5, 0.6) is 0 Å². The highest BCUT2D eigenvalue weighted by atomic mass is 32.1. The summed E-state index contributed by atoms with van der Waals surface area (Å²) in [6, 6.07) is 9.01. The molecule has 2 aromatic carbocycles. The second-order valence-corrected chi connectivity index (χ2v) is 8.61. The first-order valence-electron chi connectivity index (χ1n) is 9.69. The topological polar surface area (TPSA) is 91.6 Å². The van der Waals surface area contributed by atoms with E-state index < -0.39 is 22.2 Å². The number of aromatic nitrogens is 1. The number of hydrogen-bond acceptors (Lipinski definition) is 7. The number of alkyl halides is 3.